The molecule has 98 valence electrons. The summed E-state index contributed by atoms with van der Waals surface area (Å²) < 4.78 is 39.7. The van der Waals surface area contributed by atoms with Crippen LogP contribution in [-0.2, 0) is 0 Å². The molecule has 0 heterocycles. The average Bonchev–Trinajstić information content (AvgIpc) is 2.30. The zero-order valence-electron chi connectivity index (χ0n) is 9.98. The van der Waals surface area contributed by atoms with Gasteiger partial charge in [-0.1, -0.05) is 40.2 Å². The number of rotatable bonds is 3. The van der Waals surface area contributed by atoms with Gasteiger partial charge in [-0.15, -0.1) is 0 Å². The number of alkyl halides is 3. The summed E-state index contributed by atoms with van der Waals surface area (Å²) in [7, 11) is 1.48. The van der Waals surface area contributed by atoms with Crippen LogP contribution >= 0.6 is 15.9 Å². The molecule has 0 spiro atoms. The van der Waals surface area contributed by atoms with Crippen LogP contribution in [0.3, 0.4) is 0 Å². The van der Waals surface area contributed by atoms with Gasteiger partial charge in [-0.3, -0.25) is 0 Å². The molecule has 1 aromatic carbocycles. The third-order valence-electron chi connectivity index (χ3n) is 2.29. The van der Waals surface area contributed by atoms with E-state index in [2.05, 4.69) is 21.2 Å². The van der Waals surface area contributed by atoms with Crippen molar-refractivity contribution in [3.63, 3.8) is 0 Å². The van der Waals surface area contributed by atoms with E-state index >= 15 is 0 Å². The molecule has 0 aliphatic rings. The maximum Gasteiger partial charge on any atom is 0.418 e. The maximum atomic E-state index is 13.0. The van der Waals surface area contributed by atoms with Crippen LogP contribution in [0.25, 0.3) is 5.70 Å². The van der Waals surface area contributed by atoms with Gasteiger partial charge in [-0.2, -0.15) is 13.2 Å². The first kappa shape index (κ1) is 14.8. The van der Waals surface area contributed by atoms with Gasteiger partial charge in [0.1, 0.15) is 0 Å². The molecule has 5 heteroatoms. The van der Waals surface area contributed by atoms with E-state index in [1.807, 2.05) is 0 Å². The largest absolute Gasteiger partial charge is 0.418 e. The molecule has 1 aromatic rings. The van der Waals surface area contributed by atoms with Crippen molar-refractivity contribution in [2.24, 2.45) is 0 Å². The van der Waals surface area contributed by atoms with Crippen molar-refractivity contribution in [2.75, 3.05) is 7.05 Å². The van der Waals surface area contributed by atoms with E-state index < -0.39 is 11.7 Å². The van der Waals surface area contributed by atoms with Crippen molar-refractivity contribution in [2.45, 2.75) is 13.1 Å². The second kappa shape index (κ2) is 6.09. The molecule has 0 saturated heterocycles. The SMILES string of the molecule is C/C=C\C(=C(/NC)c1ccc(Br)cc1)C(F)(F)F. The highest BCUT2D eigenvalue weighted by molar-refractivity contribution is 9.10. The van der Waals surface area contributed by atoms with Crippen molar-refractivity contribution in [1.82, 2.24) is 5.32 Å². The highest BCUT2D eigenvalue weighted by Crippen LogP contribution is 2.32. The number of nitrogens with one attached hydrogen (secondary N) is 1. The lowest BCUT2D eigenvalue weighted by molar-refractivity contribution is -0.0878. The molecule has 0 bridgehead atoms. The lowest BCUT2D eigenvalue weighted by Crippen LogP contribution is -2.18. The highest BCUT2D eigenvalue weighted by Gasteiger charge is 2.34. The predicted molar refractivity (Wildman–Crippen MR) is 71.0 cm³/mol. The smallest absolute Gasteiger partial charge is 0.387 e. The number of halogens is 4. The Bertz CT molecular complexity index is 458. The fraction of sp³-hybridized carbons (Fsp3) is 0.231. The van der Waals surface area contributed by atoms with E-state index in [-0.39, 0.29) is 5.70 Å². The van der Waals surface area contributed by atoms with Crippen LogP contribution in [0.15, 0.2) is 46.5 Å². The van der Waals surface area contributed by atoms with Crippen molar-refractivity contribution in [1.29, 1.82) is 0 Å². The van der Waals surface area contributed by atoms with Crippen LogP contribution in [0.4, 0.5) is 13.2 Å². The summed E-state index contributed by atoms with van der Waals surface area (Å²) in [5.41, 5.74) is -0.131. The van der Waals surface area contributed by atoms with E-state index in [4.69, 9.17) is 0 Å². The van der Waals surface area contributed by atoms with Crippen molar-refractivity contribution >= 4 is 21.6 Å². The summed E-state index contributed by atoms with van der Waals surface area (Å²) in [5.74, 6) is 0. The Hall–Kier alpha value is -1.23. The molecule has 0 amide bonds. The first-order valence-electron chi connectivity index (χ1n) is 5.28. The maximum absolute atomic E-state index is 13.0. The Morgan fingerprint density at radius 2 is 1.78 bits per heavy atom. The van der Waals surface area contributed by atoms with Crippen LogP contribution in [0, 0.1) is 0 Å². The third-order valence-corrected chi connectivity index (χ3v) is 2.82. The van der Waals surface area contributed by atoms with E-state index in [1.54, 1.807) is 31.2 Å². The van der Waals surface area contributed by atoms with Gasteiger partial charge in [0.2, 0.25) is 0 Å². The van der Waals surface area contributed by atoms with Crippen LogP contribution in [-0.4, -0.2) is 13.2 Å². The summed E-state index contributed by atoms with van der Waals surface area (Å²) in [5, 5.41) is 2.62. The number of allylic oxidation sites excluding steroid dienone is 3. The normalized spacial score (nSPS) is 13.7. The van der Waals surface area contributed by atoms with Crippen LogP contribution in [0.1, 0.15) is 12.5 Å². The molecule has 0 aliphatic heterocycles. The third kappa shape index (κ3) is 3.63. The topological polar surface area (TPSA) is 12.0 Å². The molecule has 0 unspecified atom stereocenters. The van der Waals surface area contributed by atoms with Crippen molar-refractivity contribution in [3.8, 4) is 0 Å². The number of benzene rings is 1. The summed E-state index contributed by atoms with van der Waals surface area (Å²) in [6.45, 7) is 1.56. The number of hydrogen-bond acceptors (Lipinski definition) is 1. The Kier molecular flexibility index (Phi) is 5.02. The first-order valence-corrected chi connectivity index (χ1v) is 6.07. The summed E-state index contributed by atoms with van der Waals surface area (Å²) in [4.78, 5) is 0. The second-order valence-electron chi connectivity index (χ2n) is 3.54. The zero-order chi connectivity index (χ0) is 13.8. The minimum absolute atomic E-state index is 0.0631. The lowest BCUT2D eigenvalue weighted by Gasteiger charge is -2.15. The van der Waals surface area contributed by atoms with E-state index in [0.29, 0.717) is 5.56 Å². The molecule has 0 atom stereocenters. The predicted octanol–water partition coefficient (Wildman–Crippen LogP) is 4.52. The Labute approximate surface area is 113 Å². The first-order chi connectivity index (χ1) is 8.40. The fourth-order valence-corrected chi connectivity index (χ4v) is 1.80. The van der Waals surface area contributed by atoms with E-state index in [0.717, 1.165) is 10.5 Å². The Morgan fingerprint density at radius 1 is 1.22 bits per heavy atom. The van der Waals surface area contributed by atoms with Gasteiger partial charge in [-0.05, 0) is 24.6 Å². The Balaban J connectivity index is 3.39. The molecule has 0 aromatic heterocycles. The van der Waals surface area contributed by atoms with Gasteiger partial charge in [-0.25, -0.2) is 0 Å². The standard InChI is InChI=1S/C13H13BrF3N/c1-3-4-11(13(15,16)17)12(18-2)9-5-7-10(14)8-6-9/h3-8,18H,1-2H3/b4-3-,12-11+. The minimum atomic E-state index is -4.39. The molecule has 0 fully saturated rings. The zero-order valence-corrected chi connectivity index (χ0v) is 11.6. The fourth-order valence-electron chi connectivity index (χ4n) is 1.54. The van der Waals surface area contributed by atoms with Crippen molar-refractivity contribution in [3.05, 3.63) is 52.0 Å². The monoisotopic (exact) mass is 319 g/mol. The molecule has 1 N–H and O–H groups in total. The van der Waals surface area contributed by atoms with Crippen LogP contribution < -0.4 is 5.32 Å². The van der Waals surface area contributed by atoms with Gasteiger partial charge in [0.25, 0.3) is 0 Å². The molecule has 1 rings (SSSR count). The quantitative estimate of drug-likeness (QED) is 0.808. The summed E-state index contributed by atoms with van der Waals surface area (Å²) in [6, 6.07) is 6.67. The highest BCUT2D eigenvalue weighted by atomic mass is 79.9. The van der Waals surface area contributed by atoms with Gasteiger partial charge >= 0.3 is 6.18 Å². The van der Waals surface area contributed by atoms with Gasteiger partial charge in [0.05, 0.1) is 11.3 Å². The van der Waals surface area contributed by atoms with Gasteiger partial charge < -0.3 is 5.32 Å². The minimum Gasteiger partial charge on any atom is -0.387 e. The van der Waals surface area contributed by atoms with Crippen LogP contribution in [0.5, 0.6) is 0 Å². The summed E-state index contributed by atoms with van der Waals surface area (Å²) in [6.07, 6.45) is -1.95. The number of hydrogen-bond donors (Lipinski definition) is 1. The molecule has 0 saturated carbocycles. The van der Waals surface area contributed by atoms with Crippen molar-refractivity contribution < 1.29 is 13.2 Å². The lowest BCUT2D eigenvalue weighted by atomic mass is 10.1. The van der Waals surface area contributed by atoms with E-state index in [9.17, 15) is 13.2 Å². The van der Waals surface area contributed by atoms with E-state index in [1.165, 1.54) is 13.1 Å². The van der Waals surface area contributed by atoms with Gasteiger partial charge in [0.15, 0.2) is 0 Å². The summed E-state index contributed by atoms with van der Waals surface area (Å²) >= 11 is 3.25. The molecule has 0 radical (unpaired) electrons. The Morgan fingerprint density at radius 3 is 2.17 bits per heavy atom. The second-order valence-corrected chi connectivity index (χ2v) is 4.46. The molecule has 0 aliphatic carbocycles. The van der Waals surface area contributed by atoms with Gasteiger partial charge in [0, 0.05) is 11.5 Å². The molecule has 18 heavy (non-hydrogen) atoms. The average molecular weight is 320 g/mol. The molecule has 1 nitrogen and oxygen atoms in total. The van der Waals surface area contributed by atoms with Crippen LogP contribution in [0.2, 0.25) is 0 Å². The molecular weight excluding hydrogens is 307 g/mol. The molecular formula is C13H13BrF3N.